The molecular formula is C15H14F3N3O2. The number of hydrogen-bond donors (Lipinski definition) is 2. The van der Waals surface area contributed by atoms with E-state index >= 15 is 0 Å². The lowest BCUT2D eigenvalue weighted by molar-refractivity contribution is -0.157. The van der Waals surface area contributed by atoms with E-state index in [1.807, 2.05) is 6.07 Å². The van der Waals surface area contributed by atoms with Crippen molar-refractivity contribution in [1.82, 2.24) is 15.2 Å². The van der Waals surface area contributed by atoms with Crippen LogP contribution in [0.1, 0.15) is 16.8 Å². The molecule has 1 aliphatic heterocycles. The third kappa shape index (κ3) is 3.46. The summed E-state index contributed by atoms with van der Waals surface area (Å²) in [6, 6.07) is 6.26. The van der Waals surface area contributed by atoms with Crippen molar-refractivity contribution in [1.29, 1.82) is 0 Å². The Bertz CT molecular complexity index is 754. The summed E-state index contributed by atoms with van der Waals surface area (Å²) in [6.07, 6.45) is -2.81. The molecule has 2 N–H and O–H groups in total. The lowest BCUT2D eigenvalue weighted by atomic mass is 10.1. The van der Waals surface area contributed by atoms with Crippen LogP contribution in [0.25, 0.3) is 10.9 Å². The zero-order valence-corrected chi connectivity index (χ0v) is 12.0. The van der Waals surface area contributed by atoms with Gasteiger partial charge in [0.05, 0.1) is 6.04 Å². The number of fused-ring (bicyclic) bond motifs is 1. The molecule has 3 rings (SSSR count). The van der Waals surface area contributed by atoms with E-state index in [0.717, 1.165) is 15.8 Å². The van der Waals surface area contributed by atoms with Crippen LogP contribution in [0, 0.1) is 0 Å². The molecule has 1 saturated heterocycles. The molecule has 1 fully saturated rings. The number of aromatic amines is 1. The summed E-state index contributed by atoms with van der Waals surface area (Å²) < 4.78 is 37.1. The minimum Gasteiger partial charge on any atom is -0.361 e. The van der Waals surface area contributed by atoms with E-state index < -0.39 is 30.6 Å². The van der Waals surface area contributed by atoms with E-state index in [2.05, 4.69) is 10.3 Å². The number of alkyl halides is 3. The van der Waals surface area contributed by atoms with E-state index in [4.69, 9.17) is 0 Å². The van der Waals surface area contributed by atoms with E-state index in [1.165, 1.54) is 0 Å². The van der Waals surface area contributed by atoms with Gasteiger partial charge in [0.2, 0.25) is 5.91 Å². The lowest BCUT2D eigenvalue weighted by Crippen LogP contribution is -2.39. The van der Waals surface area contributed by atoms with Gasteiger partial charge in [-0.3, -0.25) is 9.59 Å². The number of carbonyl (C=O) groups excluding carboxylic acids is 2. The minimum absolute atomic E-state index is 0.117. The van der Waals surface area contributed by atoms with Crippen LogP contribution in [-0.4, -0.2) is 47.0 Å². The molecule has 1 aliphatic rings. The maximum absolute atomic E-state index is 12.4. The van der Waals surface area contributed by atoms with Crippen LogP contribution < -0.4 is 5.32 Å². The zero-order valence-electron chi connectivity index (χ0n) is 12.0. The maximum atomic E-state index is 12.4. The summed E-state index contributed by atoms with van der Waals surface area (Å²) in [7, 11) is 0. The normalized spacial score (nSPS) is 18.7. The summed E-state index contributed by atoms with van der Waals surface area (Å²) >= 11 is 0. The predicted octanol–water partition coefficient (Wildman–Crippen LogP) is 2.06. The van der Waals surface area contributed by atoms with Gasteiger partial charge in [-0.05, 0) is 24.3 Å². The van der Waals surface area contributed by atoms with Gasteiger partial charge in [0, 0.05) is 35.6 Å². The summed E-state index contributed by atoms with van der Waals surface area (Å²) in [4.78, 5) is 27.5. The number of amides is 2. The first-order valence-electron chi connectivity index (χ1n) is 7.04. The van der Waals surface area contributed by atoms with Crippen molar-refractivity contribution in [3.05, 3.63) is 36.0 Å². The van der Waals surface area contributed by atoms with Crippen LogP contribution in [-0.2, 0) is 4.79 Å². The van der Waals surface area contributed by atoms with Gasteiger partial charge < -0.3 is 15.2 Å². The number of H-pyrrole nitrogens is 1. The fourth-order valence-corrected chi connectivity index (χ4v) is 2.70. The summed E-state index contributed by atoms with van der Waals surface area (Å²) in [5.74, 6) is -1.01. The van der Waals surface area contributed by atoms with Gasteiger partial charge in [-0.2, -0.15) is 13.2 Å². The van der Waals surface area contributed by atoms with Gasteiger partial charge in [-0.15, -0.1) is 0 Å². The highest BCUT2D eigenvalue weighted by atomic mass is 19.4. The third-order valence-corrected chi connectivity index (χ3v) is 3.74. The van der Waals surface area contributed by atoms with Crippen LogP contribution in [0.5, 0.6) is 0 Å². The third-order valence-electron chi connectivity index (χ3n) is 3.74. The molecule has 1 atom stereocenters. The quantitative estimate of drug-likeness (QED) is 0.907. The van der Waals surface area contributed by atoms with Crippen LogP contribution in [0.15, 0.2) is 30.5 Å². The standard InChI is InChI=1S/C15H14F3N3O2/c16-15(17,18)8-21-7-11(6-13(21)22)20-14(23)10-1-2-12-9(5-10)3-4-19-12/h1-5,11,19H,6-8H2,(H,20,23). The Kier molecular flexibility index (Phi) is 3.75. The smallest absolute Gasteiger partial charge is 0.361 e. The molecule has 1 aromatic heterocycles. The van der Waals surface area contributed by atoms with Gasteiger partial charge in [0.25, 0.3) is 5.91 Å². The van der Waals surface area contributed by atoms with Gasteiger partial charge in [0.1, 0.15) is 6.54 Å². The van der Waals surface area contributed by atoms with Crippen LogP contribution >= 0.6 is 0 Å². The van der Waals surface area contributed by atoms with Gasteiger partial charge in [-0.1, -0.05) is 0 Å². The predicted molar refractivity (Wildman–Crippen MR) is 76.8 cm³/mol. The highest BCUT2D eigenvalue weighted by molar-refractivity contribution is 5.98. The molecule has 5 nitrogen and oxygen atoms in total. The lowest BCUT2D eigenvalue weighted by Gasteiger charge is -2.18. The number of rotatable bonds is 3. The monoisotopic (exact) mass is 325 g/mol. The second-order valence-electron chi connectivity index (χ2n) is 5.54. The molecule has 2 heterocycles. The molecule has 122 valence electrons. The Hall–Kier alpha value is -2.51. The first kappa shape index (κ1) is 15.4. The minimum atomic E-state index is -4.44. The van der Waals surface area contributed by atoms with Crippen LogP contribution in [0.3, 0.4) is 0 Å². The molecule has 0 bridgehead atoms. The summed E-state index contributed by atoms with van der Waals surface area (Å²) in [6.45, 7) is -1.41. The Morgan fingerprint density at radius 1 is 1.35 bits per heavy atom. The topological polar surface area (TPSA) is 65.2 Å². The molecule has 2 aromatic rings. The number of aromatic nitrogens is 1. The number of nitrogens with zero attached hydrogens (tertiary/aromatic N) is 1. The molecule has 1 aromatic carbocycles. The second kappa shape index (κ2) is 5.60. The first-order valence-corrected chi connectivity index (χ1v) is 7.04. The van der Waals surface area contributed by atoms with Crippen molar-refractivity contribution >= 4 is 22.7 Å². The van der Waals surface area contributed by atoms with Gasteiger partial charge in [0.15, 0.2) is 0 Å². The number of nitrogens with one attached hydrogen (secondary N) is 2. The highest BCUT2D eigenvalue weighted by Gasteiger charge is 2.38. The van der Waals surface area contributed by atoms with E-state index in [1.54, 1.807) is 24.4 Å². The number of hydrogen-bond acceptors (Lipinski definition) is 2. The Morgan fingerprint density at radius 2 is 2.13 bits per heavy atom. The second-order valence-corrected chi connectivity index (χ2v) is 5.54. The molecule has 0 radical (unpaired) electrons. The number of halogens is 3. The average Bonchev–Trinajstić information content (AvgIpc) is 3.03. The molecule has 23 heavy (non-hydrogen) atoms. The Morgan fingerprint density at radius 3 is 2.87 bits per heavy atom. The van der Waals surface area contributed by atoms with Crippen molar-refractivity contribution in [2.75, 3.05) is 13.1 Å². The van der Waals surface area contributed by atoms with E-state index in [9.17, 15) is 22.8 Å². The van der Waals surface area contributed by atoms with Crippen molar-refractivity contribution in [2.45, 2.75) is 18.6 Å². The first-order chi connectivity index (χ1) is 10.8. The van der Waals surface area contributed by atoms with Crippen LogP contribution in [0.4, 0.5) is 13.2 Å². The molecular weight excluding hydrogens is 311 g/mol. The molecule has 2 amide bonds. The molecule has 0 spiro atoms. The number of likely N-dealkylation sites (tertiary alicyclic amines) is 1. The largest absolute Gasteiger partial charge is 0.406 e. The molecule has 8 heteroatoms. The number of carbonyl (C=O) groups is 2. The maximum Gasteiger partial charge on any atom is 0.406 e. The van der Waals surface area contributed by atoms with Crippen molar-refractivity contribution < 1.29 is 22.8 Å². The van der Waals surface area contributed by atoms with E-state index in [-0.39, 0.29) is 13.0 Å². The highest BCUT2D eigenvalue weighted by Crippen LogP contribution is 2.21. The summed E-state index contributed by atoms with van der Waals surface area (Å²) in [5, 5.41) is 3.48. The van der Waals surface area contributed by atoms with Gasteiger partial charge in [-0.25, -0.2) is 0 Å². The van der Waals surface area contributed by atoms with Crippen molar-refractivity contribution in [2.24, 2.45) is 0 Å². The molecule has 0 aliphatic carbocycles. The zero-order chi connectivity index (χ0) is 16.6. The Balaban J connectivity index is 1.65. The SMILES string of the molecule is O=C(NC1CC(=O)N(CC(F)(F)F)C1)c1ccc2[nH]ccc2c1. The molecule has 0 saturated carbocycles. The average molecular weight is 325 g/mol. The summed E-state index contributed by atoms with van der Waals surface area (Å²) in [5.41, 5.74) is 1.28. The molecule has 1 unspecified atom stereocenters. The Labute approximate surface area is 129 Å². The van der Waals surface area contributed by atoms with Crippen molar-refractivity contribution in [3.8, 4) is 0 Å². The fraction of sp³-hybridized carbons (Fsp3) is 0.333. The van der Waals surface area contributed by atoms with Crippen molar-refractivity contribution in [3.63, 3.8) is 0 Å². The number of benzene rings is 1. The van der Waals surface area contributed by atoms with Crippen LogP contribution in [0.2, 0.25) is 0 Å². The fourth-order valence-electron chi connectivity index (χ4n) is 2.70. The van der Waals surface area contributed by atoms with Gasteiger partial charge >= 0.3 is 6.18 Å². The van der Waals surface area contributed by atoms with E-state index in [0.29, 0.717) is 5.56 Å².